The number of hydrogen-bond donors (Lipinski definition) is 4. The highest BCUT2D eigenvalue weighted by atomic mass is 16.5. The average Bonchev–Trinajstić information content (AvgIpc) is 2.37. The molecule has 0 bridgehead atoms. The Bertz CT molecular complexity index is 368. The first-order chi connectivity index (χ1) is 8.66. The fourth-order valence-corrected chi connectivity index (χ4v) is 1.65. The van der Waals surface area contributed by atoms with E-state index in [1.54, 1.807) is 13.2 Å². The molecule has 4 N–H and O–H groups in total. The number of rotatable bonds is 8. The van der Waals surface area contributed by atoms with Crippen molar-refractivity contribution in [2.45, 2.75) is 25.8 Å². The molecule has 5 nitrogen and oxygen atoms in total. The highest BCUT2D eigenvalue weighted by Gasteiger charge is 2.09. The molecule has 0 atom stereocenters. The summed E-state index contributed by atoms with van der Waals surface area (Å²) in [5.41, 5.74) is 0.571. The fraction of sp³-hybridized carbons (Fsp3) is 0.538. The van der Waals surface area contributed by atoms with Gasteiger partial charge in [0.15, 0.2) is 11.5 Å². The minimum atomic E-state index is -0.464. The van der Waals surface area contributed by atoms with E-state index in [0.717, 1.165) is 32.4 Å². The minimum absolute atomic E-state index is 0.262. The number of nitrogens with one attached hydrogen (secondary N) is 1. The van der Waals surface area contributed by atoms with Gasteiger partial charge in [-0.2, -0.15) is 0 Å². The topological polar surface area (TPSA) is 82.0 Å². The lowest BCUT2D eigenvalue weighted by molar-refractivity contribution is 0.192. The molecular formula is C13H21NO4. The predicted molar refractivity (Wildman–Crippen MR) is 68.9 cm³/mol. The van der Waals surface area contributed by atoms with E-state index in [9.17, 15) is 15.3 Å². The number of phenolic OH excluding ortho intramolecular Hbond substituents is 3. The van der Waals surface area contributed by atoms with E-state index < -0.39 is 5.75 Å². The summed E-state index contributed by atoms with van der Waals surface area (Å²) in [7, 11) is 1.69. The molecule has 0 radical (unpaired) electrons. The Morgan fingerprint density at radius 1 is 1.06 bits per heavy atom. The summed E-state index contributed by atoms with van der Waals surface area (Å²) in [6.45, 7) is 2.08. The standard InChI is InChI=1S/C13H21NO4/c1-18-8-4-2-3-7-14-9-10-5-6-11(15)13(17)12(10)16/h5-6,14-17H,2-4,7-9H2,1H3. The molecule has 0 unspecified atom stereocenters. The molecule has 0 heterocycles. The smallest absolute Gasteiger partial charge is 0.200 e. The summed E-state index contributed by atoms with van der Waals surface area (Å²) in [5.74, 6) is -1.04. The highest BCUT2D eigenvalue weighted by Crippen LogP contribution is 2.36. The van der Waals surface area contributed by atoms with Crippen molar-refractivity contribution in [2.75, 3.05) is 20.3 Å². The quantitative estimate of drug-likeness (QED) is 0.420. The first-order valence-electron chi connectivity index (χ1n) is 6.09. The van der Waals surface area contributed by atoms with Gasteiger partial charge in [0.25, 0.3) is 0 Å². The van der Waals surface area contributed by atoms with Gasteiger partial charge in [0.1, 0.15) is 0 Å². The molecule has 1 aromatic rings. The van der Waals surface area contributed by atoms with Gasteiger partial charge in [-0.25, -0.2) is 0 Å². The van der Waals surface area contributed by atoms with E-state index in [1.165, 1.54) is 6.07 Å². The van der Waals surface area contributed by atoms with Crippen LogP contribution in [0, 0.1) is 0 Å². The molecule has 0 spiro atoms. The van der Waals surface area contributed by atoms with E-state index in [4.69, 9.17) is 4.74 Å². The zero-order chi connectivity index (χ0) is 13.4. The average molecular weight is 255 g/mol. The van der Waals surface area contributed by atoms with Crippen LogP contribution >= 0.6 is 0 Å². The van der Waals surface area contributed by atoms with Gasteiger partial charge in [0, 0.05) is 25.8 Å². The number of benzene rings is 1. The lowest BCUT2D eigenvalue weighted by Gasteiger charge is -2.09. The summed E-state index contributed by atoms with van der Waals surface area (Å²) in [4.78, 5) is 0. The first-order valence-corrected chi connectivity index (χ1v) is 6.09. The Morgan fingerprint density at radius 3 is 2.56 bits per heavy atom. The number of aromatic hydroxyl groups is 3. The van der Waals surface area contributed by atoms with E-state index in [0.29, 0.717) is 12.1 Å². The fourth-order valence-electron chi connectivity index (χ4n) is 1.65. The number of methoxy groups -OCH3 is 1. The van der Waals surface area contributed by atoms with E-state index in [1.807, 2.05) is 0 Å². The Morgan fingerprint density at radius 2 is 1.83 bits per heavy atom. The van der Waals surface area contributed by atoms with Crippen LogP contribution in [0.2, 0.25) is 0 Å². The van der Waals surface area contributed by atoms with Crippen molar-refractivity contribution < 1.29 is 20.1 Å². The molecule has 102 valence electrons. The number of phenols is 3. The second-order valence-electron chi connectivity index (χ2n) is 4.17. The van der Waals surface area contributed by atoms with E-state index in [2.05, 4.69) is 5.32 Å². The monoisotopic (exact) mass is 255 g/mol. The maximum absolute atomic E-state index is 9.58. The Balaban J connectivity index is 2.25. The summed E-state index contributed by atoms with van der Waals surface area (Å²) < 4.78 is 4.95. The van der Waals surface area contributed by atoms with Crippen LogP contribution < -0.4 is 5.32 Å². The number of unbranched alkanes of at least 4 members (excludes halogenated alkanes) is 2. The van der Waals surface area contributed by atoms with Gasteiger partial charge in [-0.15, -0.1) is 0 Å². The molecule has 0 aliphatic heterocycles. The van der Waals surface area contributed by atoms with Crippen molar-refractivity contribution in [3.8, 4) is 17.2 Å². The molecule has 1 rings (SSSR count). The molecule has 0 fully saturated rings. The Kier molecular flexibility index (Phi) is 6.32. The molecular weight excluding hydrogens is 234 g/mol. The van der Waals surface area contributed by atoms with Crippen LogP contribution in [0.3, 0.4) is 0 Å². The third-order valence-corrected chi connectivity index (χ3v) is 2.73. The summed E-state index contributed by atoms with van der Waals surface area (Å²) in [6.07, 6.45) is 3.17. The summed E-state index contributed by atoms with van der Waals surface area (Å²) in [5, 5.41) is 31.3. The second kappa shape index (κ2) is 7.79. The van der Waals surface area contributed by atoms with Crippen molar-refractivity contribution in [2.24, 2.45) is 0 Å². The van der Waals surface area contributed by atoms with Crippen LogP contribution in [0.4, 0.5) is 0 Å². The molecule has 1 aromatic carbocycles. The van der Waals surface area contributed by atoms with E-state index in [-0.39, 0.29) is 11.5 Å². The highest BCUT2D eigenvalue weighted by molar-refractivity contribution is 5.52. The number of hydrogen-bond acceptors (Lipinski definition) is 5. The van der Waals surface area contributed by atoms with Gasteiger partial charge in [-0.05, 0) is 31.9 Å². The van der Waals surface area contributed by atoms with Gasteiger partial charge >= 0.3 is 0 Å². The maximum atomic E-state index is 9.58. The van der Waals surface area contributed by atoms with Crippen molar-refractivity contribution in [3.63, 3.8) is 0 Å². The van der Waals surface area contributed by atoms with Crippen molar-refractivity contribution in [1.29, 1.82) is 0 Å². The Labute approximate surface area is 107 Å². The zero-order valence-electron chi connectivity index (χ0n) is 10.6. The van der Waals surface area contributed by atoms with Gasteiger partial charge < -0.3 is 25.4 Å². The van der Waals surface area contributed by atoms with Crippen LogP contribution in [-0.2, 0) is 11.3 Å². The van der Waals surface area contributed by atoms with Gasteiger partial charge in [-0.1, -0.05) is 6.07 Å². The first kappa shape index (κ1) is 14.6. The predicted octanol–water partition coefficient (Wildman–Crippen LogP) is 1.71. The Hall–Kier alpha value is -1.46. The SMILES string of the molecule is COCCCCCNCc1ccc(O)c(O)c1O. The normalized spacial score (nSPS) is 10.7. The molecule has 0 amide bonds. The second-order valence-corrected chi connectivity index (χ2v) is 4.17. The van der Waals surface area contributed by atoms with Crippen molar-refractivity contribution in [3.05, 3.63) is 17.7 Å². The van der Waals surface area contributed by atoms with Crippen LogP contribution in [0.5, 0.6) is 17.2 Å². The molecule has 0 aliphatic rings. The lowest BCUT2D eigenvalue weighted by Crippen LogP contribution is -2.14. The number of ether oxygens (including phenoxy) is 1. The molecule has 5 heteroatoms. The van der Waals surface area contributed by atoms with Crippen LogP contribution in [-0.4, -0.2) is 35.6 Å². The zero-order valence-corrected chi connectivity index (χ0v) is 10.6. The molecule has 0 aliphatic carbocycles. The van der Waals surface area contributed by atoms with Crippen LogP contribution in [0.15, 0.2) is 12.1 Å². The third-order valence-electron chi connectivity index (χ3n) is 2.73. The summed E-state index contributed by atoms with van der Waals surface area (Å²) >= 11 is 0. The van der Waals surface area contributed by atoms with Crippen molar-refractivity contribution >= 4 is 0 Å². The van der Waals surface area contributed by atoms with Gasteiger partial charge in [0.05, 0.1) is 0 Å². The van der Waals surface area contributed by atoms with Gasteiger partial charge in [0.2, 0.25) is 5.75 Å². The molecule has 0 aromatic heterocycles. The molecule has 0 saturated carbocycles. The molecule has 18 heavy (non-hydrogen) atoms. The van der Waals surface area contributed by atoms with E-state index >= 15 is 0 Å². The summed E-state index contributed by atoms with van der Waals surface area (Å²) in [6, 6.07) is 2.95. The van der Waals surface area contributed by atoms with Crippen LogP contribution in [0.1, 0.15) is 24.8 Å². The van der Waals surface area contributed by atoms with Gasteiger partial charge in [-0.3, -0.25) is 0 Å². The third kappa shape index (κ3) is 4.43. The minimum Gasteiger partial charge on any atom is -0.504 e. The van der Waals surface area contributed by atoms with Crippen LogP contribution in [0.25, 0.3) is 0 Å². The van der Waals surface area contributed by atoms with Crippen molar-refractivity contribution in [1.82, 2.24) is 5.32 Å². The largest absolute Gasteiger partial charge is 0.504 e. The maximum Gasteiger partial charge on any atom is 0.200 e. The lowest BCUT2D eigenvalue weighted by atomic mass is 10.1. The molecule has 0 saturated heterocycles.